The Morgan fingerprint density at radius 2 is 1.77 bits per heavy atom. The summed E-state index contributed by atoms with van der Waals surface area (Å²) >= 11 is 1.43. The molecule has 1 N–H and O–H groups in total. The third kappa shape index (κ3) is 4.96. The van der Waals surface area contributed by atoms with Crippen molar-refractivity contribution < 1.29 is 9.59 Å². The second kappa shape index (κ2) is 9.24. The second-order valence-electron chi connectivity index (χ2n) is 7.57. The zero-order valence-corrected chi connectivity index (χ0v) is 17.8. The summed E-state index contributed by atoms with van der Waals surface area (Å²) in [5, 5.41) is 4.86. The zero-order valence-electron chi connectivity index (χ0n) is 17.0. The number of hydrogen-bond acceptors (Lipinski definition) is 4. The van der Waals surface area contributed by atoms with Crippen molar-refractivity contribution in [2.24, 2.45) is 0 Å². The molecule has 0 spiro atoms. The highest BCUT2D eigenvalue weighted by Crippen LogP contribution is 2.17. The molecule has 3 aromatic rings. The first kappa shape index (κ1) is 20.3. The van der Waals surface area contributed by atoms with Crippen molar-refractivity contribution >= 4 is 28.8 Å². The van der Waals surface area contributed by atoms with Crippen LogP contribution in [0.1, 0.15) is 31.2 Å². The van der Waals surface area contributed by atoms with Gasteiger partial charge >= 0.3 is 0 Å². The molecule has 5 nitrogen and oxygen atoms in total. The van der Waals surface area contributed by atoms with E-state index in [0.717, 1.165) is 55.1 Å². The molecule has 2 heterocycles. The Hall–Kier alpha value is -2.96. The van der Waals surface area contributed by atoms with Crippen LogP contribution in [0.4, 0.5) is 5.69 Å². The lowest BCUT2D eigenvalue weighted by Crippen LogP contribution is -2.48. The largest absolute Gasteiger partial charge is 0.336 e. The highest BCUT2D eigenvalue weighted by atomic mass is 32.1. The number of rotatable bonds is 5. The molecule has 1 aliphatic rings. The molecular weight excluding hydrogens is 394 g/mol. The first-order chi connectivity index (χ1) is 14.6. The van der Waals surface area contributed by atoms with Crippen molar-refractivity contribution in [2.75, 3.05) is 31.5 Å². The number of anilines is 1. The molecule has 0 saturated carbocycles. The van der Waals surface area contributed by atoms with E-state index in [1.54, 1.807) is 0 Å². The summed E-state index contributed by atoms with van der Waals surface area (Å²) in [4.78, 5) is 30.0. The van der Waals surface area contributed by atoms with E-state index >= 15 is 0 Å². The van der Waals surface area contributed by atoms with E-state index in [9.17, 15) is 9.59 Å². The van der Waals surface area contributed by atoms with E-state index in [-0.39, 0.29) is 11.8 Å². The van der Waals surface area contributed by atoms with Crippen molar-refractivity contribution in [2.45, 2.75) is 13.5 Å². The lowest BCUT2D eigenvalue weighted by molar-refractivity contribution is 0.0628. The molecule has 1 aliphatic heterocycles. The van der Waals surface area contributed by atoms with Crippen molar-refractivity contribution in [1.82, 2.24) is 9.80 Å². The average Bonchev–Trinajstić information content (AvgIpc) is 3.29. The third-order valence-electron chi connectivity index (χ3n) is 5.26. The van der Waals surface area contributed by atoms with E-state index in [2.05, 4.69) is 16.3 Å². The van der Waals surface area contributed by atoms with Gasteiger partial charge in [-0.2, -0.15) is 0 Å². The molecule has 1 fully saturated rings. The average molecular weight is 420 g/mol. The molecule has 0 aliphatic carbocycles. The van der Waals surface area contributed by atoms with Crippen LogP contribution in [0.15, 0.2) is 66.0 Å². The quantitative estimate of drug-likeness (QED) is 0.672. The van der Waals surface area contributed by atoms with Crippen molar-refractivity contribution in [3.63, 3.8) is 0 Å². The molecule has 1 saturated heterocycles. The summed E-state index contributed by atoms with van der Waals surface area (Å²) in [6.07, 6.45) is 0. The summed E-state index contributed by atoms with van der Waals surface area (Å²) in [5.74, 6) is 0.0297. The zero-order chi connectivity index (χ0) is 20.9. The lowest BCUT2D eigenvalue weighted by atomic mass is 10.1. The summed E-state index contributed by atoms with van der Waals surface area (Å²) in [5.41, 5.74) is 3.82. The molecule has 1 aromatic heterocycles. The minimum absolute atomic E-state index is 0.0783. The van der Waals surface area contributed by atoms with Crippen LogP contribution in [0.3, 0.4) is 0 Å². The van der Waals surface area contributed by atoms with Crippen LogP contribution in [0.5, 0.6) is 0 Å². The standard InChI is InChI=1S/C24H25N3O2S/c1-18-5-2-7-20(15-18)24(29)27-12-10-26(11-13-27)17-19-6-3-8-21(16-19)25-23(28)22-9-4-14-30-22/h2-9,14-16H,10-13,17H2,1H3,(H,25,28). The SMILES string of the molecule is Cc1cccc(C(=O)N2CCN(Cc3cccc(NC(=O)c4cccs4)c3)CC2)c1. The first-order valence-corrected chi connectivity index (χ1v) is 11.0. The number of nitrogens with zero attached hydrogens (tertiary/aromatic N) is 2. The van der Waals surface area contributed by atoms with Crippen molar-refractivity contribution in [1.29, 1.82) is 0 Å². The maximum Gasteiger partial charge on any atom is 0.265 e. The summed E-state index contributed by atoms with van der Waals surface area (Å²) in [7, 11) is 0. The van der Waals surface area contributed by atoms with Gasteiger partial charge in [-0.25, -0.2) is 0 Å². The predicted octanol–water partition coefficient (Wildman–Crippen LogP) is 4.27. The fraction of sp³-hybridized carbons (Fsp3) is 0.250. The second-order valence-corrected chi connectivity index (χ2v) is 8.52. The summed E-state index contributed by atoms with van der Waals surface area (Å²) in [6.45, 7) is 5.93. The van der Waals surface area contributed by atoms with Gasteiger partial charge in [0.2, 0.25) is 0 Å². The molecule has 154 valence electrons. The van der Waals surface area contributed by atoms with Crippen LogP contribution < -0.4 is 5.32 Å². The monoisotopic (exact) mass is 419 g/mol. The Balaban J connectivity index is 1.32. The van der Waals surface area contributed by atoms with E-state index < -0.39 is 0 Å². The Kier molecular flexibility index (Phi) is 6.26. The molecule has 0 radical (unpaired) electrons. The third-order valence-corrected chi connectivity index (χ3v) is 6.13. The van der Waals surface area contributed by atoms with Crippen LogP contribution in [0.25, 0.3) is 0 Å². The molecular formula is C24H25N3O2S. The van der Waals surface area contributed by atoms with Gasteiger partial charge in [0.15, 0.2) is 0 Å². The fourth-order valence-corrected chi connectivity index (χ4v) is 4.29. The summed E-state index contributed by atoms with van der Waals surface area (Å²) < 4.78 is 0. The Bertz CT molecular complexity index is 1020. The molecule has 6 heteroatoms. The van der Waals surface area contributed by atoms with Gasteiger partial charge in [-0.1, -0.05) is 35.9 Å². The first-order valence-electron chi connectivity index (χ1n) is 10.1. The molecule has 4 rings (SSSR count). The van der Waals surface area contributed by atoms with Gasteiger partial charge in [-0.15, -0.1) is 11.3 Å². The number of nitrogens with one attached hydrogen (secondary N) is 1. The molecule has 2 amide bonds. The molecule has 0 atom stereocenters. The van der Waals surface area contributed by atoms with E-state index in [0.29, 0.717) is 4.88 Å². The fourth-order valence-electron chi connectivity index (χ4n) is 3.68. The summed E-state index contributed by atoms with van der Waals surface area (Å²) in [6, 6.07) is 19.4. The van der Waals surface area contributed by atoms with E-state index in [4.69, 9.17) is 0 Å². The van der Waals surface area contributed by atoms with Crippen LogP contribution in [-0.4, -0.2) is 47.8 Å². The highest BCUT2D eigenvalue weighted by Gasteiger charge is 2.22. The Labute approximate surface area is 180 Å². The molecule has 0 unspecified atom stereocenters. The van der Waals surface area contributed by atoms with Gasteiger partial charge in [0.25, 0.3) is 11.8 Å². The minimum atomic E-state index is -0.0783. The molecule has 30 heavy (non-hydrogen) atoms. The van der Waals surface area contributed by atoms with E-state index in [1.807, 2.05) is 71.8 Å². The number of aryl methyl sites for hydroxylation is 1. The van der Waals surface area contributed by atoms with E-state index in [1.165, 1.54) is 11.3 Å². The number of carbonyl (C=O) groups excluding carboxylic acids is 2. The van der Waals surface area contributed by atoms with Crippen LogP contribution in [-0.2, 0) is 6.54 Å². The van der Waals surface area contributed by atoms with Crippen molar-refractivity contribution in [3.8, 4) is 0 Å². The van der Waals surface area contributed by atoms with Crippen LogP contribution in [0.2, 0.25) is 0 Å². The normalized spacial score (nSPS) is 14.5. The maximum absolute atomic E-state index is 12.7. The van der Waals surface area contributed by atoms with Gasteiger partial charge in [0, 0.05) is 44.0 Å². The number of benzene rings is 2. The number of piperazine rings is 1. The molecule has 0 bridgehead atoms. The number of thiophene rings is 1. The van der Waals surface area contributed by atoms with Gasteiger partial charge in [-0.3, -0.25) is 14.5 Å². The highest BCUT2D eigenvalue weighted by molar-refractivity contribution is 7.12. The number of hydrogen-bond donors (Lipinski definition) is 1. The van der Waals surface area contributed by atoms with Gasteiger partial charge in [0.1, 0.15) is 0 Å². The minimum Gasteiger partial charge on any atom is -0.336 e. The Morgan fingerprint density at radius 3 is 2.50 bits per heavy atom. The van der Waals surface area contributed by atoms with Gasteiger partial charge in [0.05, 0.1) is 4.88 Å². The van der Waals surface area contributed by atoms with Crippen LogP contribution >= 0.6 is 11.3 Å². The maximum atomic E-state index is 12.7. The predicted molar refractivity (Wildman–Crippen MR) is 121 cm³/mol. The molecule has 2 aromatic carbocycles. The smallest absolute Gasteiger partial charge is 0.265 e. The Morgan fingerprint density at radius 1 is 0.967 bits per heavy atom. The topological polar surface area (TPSA) is 52.7 Å². The van der Waals surface area contributed by atoms with Gasteiger partial charge in [-0.05, 0) is 48.2 Å². The lowest BCUT2D eigenvalue weighted by Gasteiger charge is -2.35. The number of carbonyl (C=O) groups is 2. The van der Waals surface area contributed by atoms with Gasteiger partial charge < -0.3 is 10.2 Å². The number of amides is 2. The van der Waals surface area contributed by atoms with Crippen molar-refractivity contribution in [3.05, 3.63) is 87.6 Å². The van der Waals surface area contributed by atoms with Crippen LogP contribution in [0, 0.1) is 6.92 Å².